The van der Waals surface area contributed by atoms with Crippen LogP contribution in [0.25, 0.3) is 0 Å². The third-order valence-corrected chi connectivity index (χ3v) is 4.07. The van der Waals surface area contributed by atoms with E-state index in [1.165, 1.54) is 12.8 Å². The zero-order valence-electron chi connectivity index (χ0n) is 10.2. The minimum absolute atomic E-state index is 0.187. The van der Waals surface area contributed by atoms with Gasteiger partial charge >= 0.3 is 0 Å². The van der Waals surface area contributed by atoms with E-state index >= 15 is 0 Å². The van der Waals surface area contributed by atoms with Crippen LogP contribution in [0.1, 0.15) is 45.4 Å². The molecule has 1 amide bonds. The van der Waals surface area contributed by atoms with E-state index in [4.69, 9.17) is 5.73 Å². The molecule has 0 heterocycles. The lowest BCUT2D eigenvalue weighted by Gasteiger charge is -2.20. The number of carbonyl (C=O) groups excluding carboxylic acids is 1. The van der Waals surface area contributed by atoms with Gasteiger partial charge in [0.1, 0.15) is 0 Å². The Bertz CT molecular complexity index is 250. The first-order valence-electron chi connectivity index (χ1n) is 6.71. The highest BCUT2D eigenvalue weighted by molar-refractivity contribution is 5.79. The predicted molar refractivity (Wildman–Crippen MR) is 64.8 cm³/mol. The fraction of sp³-hybridized carbons (Fsp3) is 0.923. The molecule has 0 radical (unpaired) electrons. The summed E-state index contributed by atoms with van der Waals surface area (Å²) in [7, 11) is 0. The molecule has 3 N–H and O–H groups in total. The zero-order valence-corrected chi connectivity index (χ0v) is 10.2. The second-order valence-corrected chi connectivity index (χ2v) is 5.62. The maximum atomic E-state index is 12.1. The highest BCUT2D eigenvalue weighted by atomic mass is 16.1. The lowest BCUT2D eigenvalue weighted by Crippen LogP contribution is -2.40. The van der Waals surface area contributed by atoms with Gasteiger partial charge in [-0.15, -0.1) is 0 Å². The quantitative estimate of drug-likeness (QED) is 0.746. The summed E-state index contributed by atoms with van der Waals surface area (Å²) in [6.07, 6.45) is 7.20. The molecule has 0 saturated heterocycles. The maximum absolute atomic E-state index is 12.1. The van der Waals surface area contributed by atoms with E-state index in [2.05, 4.69) is 12.2 Å². The molecule has 0 aromatic carbocycles. The van der Waals surface area contributed by atoms with E-state index in [-0.39, 0.29) is 11.8 Å². The number of amides is 1. The minimum atomic E-state index is 0.187. The number of carbonyl (C=O) groups is 1. The molecular weight excluding hydrogens is 200 g/mol. The largest absolute Gasteiger partial charge is 0.353 e. The molecule has 92 valence electrons. The Morgan fingerprint density at radius 1 is 1.38 bits per heavy atom. The van der Waals surface area contributed by atoms with Gasteiger partial charge < -0.3 is 11.1 Å². The average Bonchev–Trinajstić information content (AvgIpc) is 2.93. The lowest BCUT2D eigenvalue weighted by atomic mass is 9.95. The topological polar surface area (TPSA) is 55.1 Å². The van der Waals surface area contributed by atoms with Gasteiger partial charge in [0.05, 0.1) is 0 Å². The van der Waals surface area contributed by atoms with Crippen LogP contribution in [0.2, 0.25) is 0 Å². The van der Waals surface area contributed by atoms with Crippen molar-refractivity contribution in [3.63, 3.8) is 0 Å². The van der Waals surface area contributed by atoms with Crippen LogP contribution in [-0.4, -0.2) is 18.5 Å². The van der Waals surface area contributed by atoms with Crippen LogP contribution in [0.4, 0.5) is 0 Å². The fourth-order valence-corrected chi connectivity index (χ4v) is 2.93. The second kappa shape index (κ2) is 5.17. The molecule has 0 aromatic heterocycles. The summed E-state index contributed by atoms with van der Waals surface area (Å²) in [4.78, 5) is 12.1. The van der Waals surface area contributed by atoms with Crippen molar-refractivity contribution in [3.05, 3.63) is 0 Å². The third-order valence-electron chi connectivity index (χ3n) is 4.07. The van der Waals surface area contributed by atoms with Crippen molar-refractivity contribution in [2.45, 2.75) is 51.5 Å². The standard InChI is InChI=1S/C13H24N2O/c1-9(7-10-5-6-10)15-13(16)12-4-2-3-11(12)8-14/h9-12H,2-8,14H2,1H3,(H,15,16)/t9?,11-,12-/m1/s1. The minimum Gasteiger partial charge on any atom is -0.353 e. The van der Waals surface area contributed by atoms with Gasteiger partial charge in [0.15, 0.2) is 0 Å². The Morgan fingerprint density at radius 2 is 2.12 bits per heavy atom. The highest BCUT2D eigenvalue weighted by Crippen LogP contribution is 2.34. The van der Waals surface area contributed by atoms with Gasteiger partial charge in [0.25, 0.3) is 0 Å². The van der Waals surface area contributed by atoms with Gasteiger partial charge in [-0.05, 0) is 44.6 Å². The maximum Gasteiger partial charge on any atom is 0.223 e. The first-order valence-corrected chi connectivity index (χ1v) is 6.71. The van der Waals surface area contributed by atoms with Crippen LogP contribution in [-0.2, 0) is 4.79 Å². The monoisotopic (exact) mass is 224 g/mol. The first kappa shape index (κ1) is 11.9. The van der Waals surface area contributed by atoms with Crippen molar-refractivity contribution in [3.8, 4) is 0 Å². The number of hydrogen-bond donors (Lipinski definition) is 2. The molecule has 0 aromatic rings. The molecule has 2 aliphatic rings. The van der Waals surface area contributed by atoms with Gasteiger partial charge in [0, 0.05) is 12.0 Å². The summed E-state index contributed by atoms with van der Waals surface area (Å²) < 4.78 is 0. The summed E-state index contributed by atoms with van der Waals surface area (Å²) >= 11 is 0. The van der Waals surface area contributed by atoms with E-state index in [1.54, 1.807) is 0 Å². The van der Waals surface area contributed by atoms with Crippen LogP contribution >= 0.6 is 0 Å². The van der Waals surface area contributed by atoms with Gasteiger partial charge in [0.2, 0.25) is 5.91 Å². The highest BCUT2D eigenvalue weighted by Gasteiger charge is 2.33. The fourth-order valence-electron chi connectivity index (χ4n) is 2.93. The summed E-state index contributed by atoms with van der Waals surface area (Å²) in [6, 6.07) is 0.346. The number of nitrogens with two attached hydrogens (primary N) is 1. The second-order valence-electron chi connectivity index (χ2n) is 5.62. The van der Waals surface area contributed by atoms with E-state index in [1.807, 2.05) is 0 Å². The van der Waals surface area contributed by atoms with E-state index < -0.39 is 0 Å². The molecule has 3 heteroatoms. The van der Waals surface area contributed by atoms with Gasteiger partial charge in [-0.2, -0.15) is 0 Å². The van der Waals surface area contributed by atoms with E-state index in [0.29, 0.717) is 18.5 Å². The summed E-state index contributed by atoms with van der Waals surface area (Å²) in [6.45, 7) is 2.79. The van der Waals surface area contributed by atoms with Crippen LogP contribution < -0.4 is 11.1 Å². The molecule has 0 bridgehead atoms. The normalized spacial score (nSPS) is 31.4. The Morgan fingerprint density at radius 3 is 2.75 bits per heavy atom. The molecule has 0 spiro atoms. The third kappa shape index (κ3) is 2.97. The molecule has 3 nitrogen and oxygen atoms in total. The smallest absolute Gasteiger partial charge is 0.223 e. The molecule has 3 atom stereocenters. The number of rotatable bonds is 5. The average molecular weight is 224 g/mol. The van der Waals surface area contributed by atoms with Gasteiger partial charge in [-0.1, -0.05) is 19.3 Å². The molecule has 16 heavy (non-hydrogen) atoms. The van der Waals surface area contributed by atoms with Crippen molar-refractivity contribution in [1.82, 2.24) is 5.32 Å². The lowest BCUT2D eigenvalue weighted by molar-refractivity contribution is -0.126. The van der Waals surface area contributed by atoms with E-state index in [0.717, 1.165) is 31.6 Å². The van der Waals surface area contributed by atoms with E-state index in [9.17, 15) is 4.79 Å². The van der Waals surface area contributed by atoms with Crippen molar-refractivity contribution in [2.24, 2.45) is 23.5 Å². The Hall–Kier alpha value is -0.570. The van der Waals surface area contributed by atoms with Crippen LogP contribution in [0.5, 0.6) is 0 Å². The molecule has 2 aliphatic carbocycles. The summed E-state index contributed by atoms with van der Waals surface area (Å²) in [5, 5.41) is 3.16. The van der Waals surface area contributed by atoms with Crippen LogP contribution in [0, 0.1) is 17.8 Å². The number of nitrogens with one attached hydrogen (secondary N) is 1. The SMILES string of the molecule is CC(CC1CC1)NC(=O)[C@@H]1CCC[C@@H]1CN. The zero-order chi connectivity index (χ0) is 11.5. The number of hydrogen-bond acceptors (Lipinski definition) is 2. The van der Waals surface area contributed by atoms with Gasteiger partial charge in [-0.25, -0.2) is 0 Å². The van der Waals surface area contributed by atoms with Crippen LogP contribution in [0.15, 0.2) is 0 Å². The van der Waals surface area contributed by atoms with Crippen molar-refractivity contribution >= 4 is 5.91 Å². The first-order chi connectivity index (χ1) is 7.70. The summed E-state index contributed by atoms with van der Waals surface area (Å²) in [5.74, 6) is 1.74. The Balaban J connectivity index is 1.77. The Labute approximate surface area is 98.2 Å². The van der Waals surface area contributed by atoms with Crippen molar-refractivity contribution in [2.75, 3.05) is 6.54 Å². The van der Waals surface area contributed by atoms with Crippen molar-refractivity contribution in [1.29, 1.82) is 0 Å². The molecule has 2 fully saturated rings. The van der Waals surface area contributed by atoms with Gasteiger partial charge in [-0.3, -0.25) is 4.79 Å². The Kier molecular flexibility index (Phi) is 3.85. The van der Waals surface area contributed by atoms with Crippen molar-refractivity contribution < 1.29 is 4.79 Å². The molecule has 1 unspecified atom stereocenters. The summed E-state index contributed by atoms with van der Waals surface area (Å²) in [5.41, 5.74) is 5.70. The molecule has 2 rings (SSSR count). The van der Waals surface area contributed by atoms with Crippen LogP contribution in [0.3, 0.4) is 0 Å². The molecule has 2 saturated carbocycles. The molecular formula is C13H24N2O. The predicted octanol–water partition coefficient (Wildman–Crippen LogP) is 1.67. The molecule has 0 aliphatic heterocycles.